The van der Waals surface area contributed by atoms with Crippen LogP contribution in [0.2, 0.25) is 0 Å². The molecule has 1 atom stereocenters. The first kappa shape index (κ1) is 11.1. The Kier molecular flexibility index (Phi) is 3.21. The molecule has 2 rings (SSSR count). The molecule has 88 valence electrons. The molecule has 0 saturated carbocycles. The minimum atomic E-state index is 0.0114. The fraction of sp³-hybridized carbons (Fsp3) is 0.600. The summed E-state index contributed by atoms with van der Waals surface area (Å²) in [5.74, 6) is 0.0114. The van der Waals surface area contributed by atoms with Crippen LogP contribution in [0, 0.1) is 0 Å². The Morgan fingerprint density at radius 2 is 2.50 bits per heavy atom. The van der Waals surface area contributed by atoms with Gasteiger partial charge >= 0.3 is 0 Å². The Labute approximate surface area is 94.4 Å². The molecule has 0 radical (unpaired) electrons. The Morgan fingerprint density at radius 1 is 1.69 bits per heavy atom. The van der Waals surface area contributed by atoms with Gasteiger partial charge in [-0.05, 0) is 7.05 Å². The van der Waals surface area contributed by atoms with Crippen molar-refractivity contribution >= 4 is 5.91 Å². The monoisotopic (exact) mass is 223 g/mol. The van der Waals surface area contributed by atoms with Gasteiger partial charge in [0, 0.05) is 32.4 Å². The van der Waals surface area contributed by atoms with Gasteiger partial charge in [-0.1, -0.05) is 0 Å². The molecule has 1 fully saturated rings. The summed E-state index contributed by atoms with van der Waals surface area (Å²) in [5, 5.41) is 6.44. The Hall–Kier alpha value is -1.40. The van der Waals surface area contributed by atoms with Crippen LogP contribution in [-0.4, -0.2) is 65.2 Å². The summed E-state index contributed by atoms with van der Waals surface area (Å²) in [6.45, 7) is 2.94. The van der Waals surface area contributed by atoms with Crippen LogP contribution >= 0.6 is 0 Å². The molecule has 6 heteroatoms. The van der Waals surface area contributed by atoms with Crippen molar-refractivity contribution < 1.29 is 4.79 Å². The van der Waals surface area contributed by atoms with Crippen LogP contribution in [0.15, 0.2) is 12.4 Å². The van der Waals surface area contributed by atoms with Gasteiger partial charge in [0.1, 0.15) is 0 Å². The van der Waals surface area contributed by atoms with E-state index in [-0.39, 0.29) is 11.9 Å². The number of H-pyrrole nitrogens is 1. The molecular weight excluding hydrogens is 206 g/mol. The standard InChI is InChI=1S/C10H17N5O/c1-14-2-3-15(9(4-11)7-14)10(16)8-5-12-13-6-8/h5-6,9H,2-4,7,11H2,1H3,(H,12,13). The summed E-state index contributed by atoms with van der Waals surface area (Å²) in [4.78, 5) is 16.2. The van der Waals surface area contributed by atoms with E-state index in [1.165, 1.54) is 0 Å². The lowest BCUT2D eigenvalue weighted by atomic mass is 10.1. The molecule has 6 nitrogen and oxygen atoms in total. The highest BCUT2D eigenvalue weighted by molar-refractivity contribution is 5.94. The second kappa shape index (κ2) is 4.63. The topological polar surface area (TPSA) is 78.2 Å². The number of hydrogen-bond acceptors (Lipinski definition) is 4. The van der Waals surface area contributed by atoms with E-state index in [0.717, 1.165) is 19.6 Å². The van der Waals surface area contributed by atoms with Crippen molar-refractivity contribution in [3.63, 3.8) is 0 Å². The molecule has 1 aromatic heterocycles. The Bertz CT molecular complexity index is 350. The highest BCUT2D eigenvalue weighted by atomic mass is 16.2. The van der Waals surface area contributed by atoms with Crippen molar-refractivity contribution in [3.05, 3.63) is 18.0 Å². The third-order valence-corrected chi connectivity index (χ3v) is 2.96. The lowest BCUT2D eigenvalue weighted by Crippen LogP contribution is -2.56. The van der Waals surface area contributed by atoms with Crippen molar-refractivity contribution in [2.45, 2.75) is 6.04 Å². The number of amides is 1. The van der Waals surface area contributed by atoms with Gasteiger partial charge in [0.05, 0.1) is 17.8 Å². The second-order valence-corrected chi connectivity index (χ2v) is 4.14. The van der Waals surface area contributed by atoms with Gasteiger partial charge in [-0.3, -0.25) is 9.89 Å². The Morgan fingerprint density at radius 3 is 3.12 bits per heavy atom. The summed E-state index contributed by atoms with van der Waals surface area (Å²) >= 11 is 0. The van der Waals surface area contributed by atoms with Crippen molar-refractivity contribution in [1.82, 2.24) is 20.0 Å². The number of nitrogens with zero attached hydrogens (tertiary/aromatic N) is 3. The Balaban J connectivity index is 2.10. The van der Waals surface area contributed by atoms with Crippen molar-refractivity contribution in [3.8, 4) is 0 Å². The van der Waals surface area contributed by atoms with Crippen molar-refractivity contribution in [1.29, 1.82) is 0 Å². The van der Waals surface area contributed by atoms with Gasteiger partial charge in [0.2, 0.25) is 0 Å². The first-order valence-corrected chi connectivity index (χ1v) is 5.40. The van der Waals surface area contributed by atoms with E-state index in [0.29, 0.717) is 12.1 Å². The smallest absolute Gasteiger partial charge is 0.257 e. The molecule has 1 amide bonds. The number of rotatable bonds is 2. The van der Waals surface area contributed by atoms with E-state index in [4.69, 9.17) is 5.73 Å². The van der Waals surface area contributed by atoms with Gasteiger partial charge in [-0.2, -0.15) is 5.10 Å². The molecule has 0 aliphatic carbocycles. The molecule has 0 bridgehead atoms. The molecule has 1 aliphatic heterocycles. The number of piperazine rings is 1. The molecular formula is C10H17N5O. The highest BCUT2D eigenvalue weighted by Crippen LogP contribution is 2.11. The fourth-order valence-corrected chi connectivity index (χ4v) is 2.01. The predicted octanol–water partition coefficient (Wildman–Crippen LogP) is -0.875. The van der Waals surface area contributed by atoms with E-state index in [1.54, 1.807) is 12.4 Å². The van der Waals surface area contributed by atoms with Crippen LogP contribution in [0.3, 0.4) is 0 Å². The van der Waals surface area contributed by atoms with E-state index in [2.05, 4.69) is 15.1 Å². The second-order valence-electron chi connectivity index (χ2n) is 4.14. The lowest BCUT2D eigenvalue weighted by molar-refractivity contribution is 0.0516. The molecule has 3 N–H and O–H groups in total. The number of carbonyl (C=O) groups is 1. The number of hydrogen-bond donors (Lipinski definition) is 2. The van der Waals surface area contributed by atoms with Crippen molar-refractivity contribution in [2.24, 2.45) is 5.73 Å². The first-order chi connectivity index (χ1) is 7.72. The number of aromatic nitrogens is 2. The average Bonchev–Trinajstić information content (AvgIpc) is 2.81. The zero-order valence-corrected chi connectivity index (χ0v) is 9.39. The maximum Gasteiger partial charge on any atom is 0.257 e. The molecule has 1 aliphatic rings. The molecule has 1 unspecified atom stereocenters. The van der Waals surface area contributed by atoms with Gasteiger partial charge in [0.15, 0.2) is 0 Å². The van der Waals surface area contributed by atoms with E-state index in [9.17, 15) is 4.79 Å². The van der Waals surface area contributed by atoms with Crippen LogP contribution in [0.25, 0.3) is 0 Å². The zero-order valence-electron chi connectivity index (χ0n) is 9.39. The number of nitrogens with one attached hydrogen (secondary N) is 1. The lowest BCUT2D eigenvalue weighted by Gasteiger charge is -2.39. The number of nitrogens with two attached hydrogens (primary N) is 1. The van der Waals surface area contributed by atoms with E-state index in [1.807, 2.05) is 11.9 Å². The molecule has 2 heterocycles. The third-order valence-electron chi connectivity index (χ3n) is 2.96. The normalized spacial score (nSPS) is 22.4. The van der Waals surface area contributed by atoms with Gasteiger partial charge in [0.25, 0.3) is 5.91 Å². The SMILES string of the molecule is CN1CCN(C(=O)c2cn[nH]c2)C(CN)C1. The van der Waals surface area contributed by atoms with Crippen LogP contribution in [0.4, 0.5) is 0 Å². The molecule has 0 spiro atoms. The van der Waals surface area contributed by atoms with Gasteiger partial charge < -0.3 is 15.5 Å². The quantitative estimate of drug-likeness (QED) is 0.683. The summed E-state index contributed by atoms with van der Waals surface area (Å²) in [7, 11) is 2.04. The molecule has 16 heavy (non-hydrogen) atoms. The number of aromatic amines is 1. The van der Waals surface area contributed by atoms with Crippen LogP contribution < -0.4 is 5.73 Å². The summed E-state index contributed by atoms with van der Waals surface area (Å²) < 4.78 is 0. The number of carbonyl (C=O) groups excluding carboxylic acids is 1. The largest absolute Gasteiger partial charge is 0.332 e. The van der Waals surface area contributed by atoms with Crippen molar-refractivity contribution in [2.75, 3.05) is 33.2 Å². The molecule has 0 aromatic carbocycles. The predicted molar refractivity (Wildman–Crippen MR) is 60.0 cm³/mol. The maximum absolute atomic E-state index is 12.1. The first-order valence-electron chi connectivity index (χ1n) is 5.40. The summed E-state index contributed by atoms with van der Waals surface area (Å²) in [5.41, 5.74) is 6.30. The average molecular weight is 223 g/mol. The molecule has 1 aromatic rings. The maximum atomic E-state index is 12.1. The number of likely N-dealkylation sites (N-methyl/N-ethyl adjacent to an activating group) is 1. The fourth-order valence-electron chi connectivity index (χ4n) is 2.01. The van der Waals surface area contributed by atoms with Gasteiger partial charge in [-0.25, -0.2) is 0 Å². The summed E-state index contributed by atoms with van der Waals surface area (Å²) in [6, 6.07) is 0.0983. The minimum absolute atomic E-state index is 0.0114. The minimum Gasteiger partial charge on any atom is -0.332 e. The highest BCUT2D eigenvalue weighted by Gasteiger charge is 2.28. The third kappa shape index (κ3) is 2.07. The van der Waals surface area contributed by atoms with Crippen LogP contribution in [0.1, 0.15) is 10.4 Å². The van der Waals surface area contributed by atoms with Gasteiger partial charge in [-0.15, -0.1) is 0 Å². The van der Waals surface area contributed by atoms with E-state index < -0.39 is 0 Å². The van der Waals surface area contributed by atoms with Crippen LogP contribution in [0.5, 0.6) is 0 Å². The zero-order chi connectivity index (χ0) is 11.5. The van der Waals surface area contributed by atoms with E-state index >= 15 is 0 Å². The molecule has 1 saturated heterocycles. The summed E-state index contributed by atoms with van der Waals surface area (Å²) in [6.07, 6.45) is 3.17. The van der Waals surface area contributed by atoms with Crippen LogP contribution in [-0.2, 0) is 0 Å².